The van der Waals surface area contributed by atoms with Gasteiger partial charge in [0.15, 0.2) is 0 Å². The molecule has 4 rings (SSSR count). The molecule has 4 heterocycles. The SMILES string of the molecule is [C-]#[N+]c1ccc2c(n1)c(N1C[C@@H](C)N(C(COC)c3ccc(C(F)(F)F)cn3)C[C@@H]1C)cc(=O)n2C. The number of methoxy groups -OCH3 is 1. The third kappa shape index (κ3) is 4.79. The average molecular weight is 501 g/mol. The van der Waals surface area contributed by atoms with Gasteiger partial charge in [-0.2, -0.15) is 13.2 Å². The zero-order chi connectivity index (χ0) is 26.2. The van der Waals surface area contributed by atoms with Crippen molar-refractivity contribution in [2.75, 3.05) is 31.7 Å². The average Bonchev–Trinajstić information content (AvgIpc) is 2.85. The van der Waals surface area contributed by atoms with E-state index in [1.807, 2.05) is 13.8 Å². The number of aryl methyl sites for hydroxylation is 1. The second-order valence-electron chi connectivity index (χ2n) is 9.06. The number of hydrogen-bond donors (Lipinski definition) is 0. The maximum absolute atomic E-state index is 13.0. The fourth-order valence-electron chi connectivity index (χ4n) is 4.78. The lowest BCUT2D eigenvalue weighted by molar-refractivity contribution is -0.137. The third-order valence-electron chi connectivity index (χ3n) is 6.69. The summed E-state index contributed by atoms with van der Waals surface area (Å²) in [7, 11) is 3.22. The van der Waals surface area contributed by atoms with Crippen LogP contribution in [0.25, 0.3) is 15.9 Å². The van der Waals surface area contributed by atoms with E-state index in [0.29, 0.717) is 35.5 Å². The van der Waals surface area contributed by atoms with Crippen molar-refractivity contribution in [1.29, 1.82) is 0 Å². The highest BCUT2D eigenvalue weighted by atomic mass is 19.4. The maximum atomic E-state index is 13.0. The van der Waals surface area contributed by atoms with Crippen molar-refractivity contribution in [3.63, 3.8) is 0 Å². The Hall–Kier alpha value is -3.49. The fourth-order valence-corrected chi connectivity index (χ4v) is 4.78. The van der Waals surface area contributed by atoms with Crippen molar-refractivity contribution in [1.82, 2.24) is 19.4 Å². The number of fused-ring (bicyclic) bond motifs is 1. The molecule has 3 aromatic heterocycles. The minimum absolute atomic E-state index is 0.0476. The lowest BCUT2D eigenvalue weighted by Crippen LogP contribution is -2.58. The van der Waals surface area contributed by atoms with Crippen LogP contribution in [0.5, 0.6) is 0 Å². The van der Waals surface area contributed by atoms with Crippen LogP contribution in [0.2, 0.25) is 0 Å². The summed E-state index contributed by atoms with van der Waals surface area (Å²) in [5.41, 5.74) is 1.41. The number of piperazine rings is 1. The molecule has 0 aliphatic carbocycles. The number of ether oxygens (including phenoxy) is 1. The molecule has 11 heteroatoms. The quantitative estimate of drug-likeness (QED) is 0.490. The van der Waals surface area contributed by atoms with E-state index in [1.165, 1.54) is 10.6 Å². The molecular formula is C25H27F3N6O2. The first-order valence-electron chi connectivity index (χ1n) is 11.5. The van der Waals surface area contributed by atoms with Gasteiger partial charge in [-0.3, -0.25) is 14.7 Å². The van der Waals surface area contributed by atoms with Crippen LogP contribution in [0.3, 0.4) is 0 Å². The Balaban J connectivity index is 1.67. The van der Waals surface area contributed by atoms with Crippen molar-refractivity contribution in [3.8, 4) is 0 Å². The van der Waals surface area contributed by atoms with Crippen LogP contribution in [0.15, 0.2) is 41.3 Å². The van der Waals surface area contributed by atoms with Gasteiger partial charge >= 0.3 is 6.18 Å². The van der Waals surface area contributed by atoms with E-state index in [4.69, 9.17) is 11.3 Å². The summed E-state index contributed by atoms with van der Waals surface area (Å²) < 4.78 is 46.0. The van der Waals surface area contributed by atoms with E-state index in [0.717, 1.165) is 12.3 Å². The highest BCUT2D eigenvalue weighted by Crippen LogP contribution is 2.34. The largest absolute Gasteiger partial charge is 0.417 e. The van der Waals surface area contributed by atoms with Crippen LogP contribution in [0, 0.1) is 6.57 Å². The number of halogens is 3. The first-order valence-corrected chi connectivity index (χ1v) is 11.5. The summed E-state index contributed by atoms with van der Waals surface area (Å²) in [5, 5.41) is 0. The zero-order valence-electron chi connectivity index (χ0n) is 20.5. The minimum Gasteiger partial charge on any atom is -0.383 e. The molecule has 1 aliphatic heterocycles. The first-order chi connectivity index (χ1) is 17.0. The maximum Gasteiger partial charge on any atom is 0.417 e. The van der Waals surface area contributed by atoms with Gasteiger partial charge in [-0.15, -0.1) is 4.98 Å². The topological polar surface area (TPSA) is 67.9 Å². The summed E-state index contributed by atoms with van der Waals surface area (Å²) in [4.78, 5) is 29.0. The van der Waals surface area contributed by atoms with E-state index in [9.17, 15) is 18.0 Å². The predicted octanol–water partition coefficient (Wildman–Crippen LogP) is 4.18. The van der Waals surface area contributed by atoms with Gasteiger partial charge in [0, 0.05) is 51.6 Å². The number of alkyl halides is 3. The van der Waals surface area contributed by atoms with Crippen LogP contribution < -0.4 is 10.5 Å². The van der Waals surface area contributed by atoms with Crippen molar-refractivity contribution in [3.05, 3.63) is 69.6 Å². The highest BCUT2D eigenvalue weighted by Gasteiger charge is 2.37. The van der Waals surface area contributed by atoms with Gasteiger partial charge in [0.1, 0.15) is 0 Å². The van der Waals surface area contributed by atoms with Crippen LogP contribution in [0.1, 0.15) is 31.1 Å². The van der Waals surface area contributed by atoms with E-state index in [2.05, 4.69) is 24.6 Å². The zero-order valence-corrected chi connectivity index (χ0v) is 20.5. The first kappa shape index (κ1) is 25.6. The molecule has 0 N–H and O–H groups in total. The Labute approximate surface area is 206 Å². The van der Waals surface area contributed by atoms with Gasteiger partial charge in [0.05, 0.1) is 35.1 Å². The number of rotatable bonds is 5. The molecule has 36 heavy (non-hydrogen) atoms. The van der Waals surface area contributed by atoms with Gasteiger partial charge < -0.3 is 19.0 Å². The lowest BCUT2D eigenvalue weighted by atomic mass is 10.0. The Morgan fingerprint density at radius 3 is 2.56 bits per heavy atom. The van der Waals surface area contributed by atoms with Crippen molar-refractivity contribution < 1.29 is 17.9 Å². The molecule has 3 atom stereocenters. The van der Waals surface area contributed by atoms with Crippen LogP contribution in [-0.2, 0) is 18.0 Å². The fraction of sp³-hybridized carbons (Fsp3) is 0.440. The number of hydrogen-bond acceptors (Lipinski definition) is 6. The Morgan fingerprint density at radius 2 is 1.94 bits per heavy atom. The number of anilines is 1. The Morgan fingerprint density at radius 1 is 1.19 bits per heavy atom. The summed E-state index contributed by atoms with van der Waals surface area (Å²) in [6.45, 7) is 12.7. The molecule has 0 bridgehead atoms. The molecule has 0 aromatic carbocycles. The summed E-state index contributed by atoms with van der Waals surface area (Å²) in [6.07, 6.45) is -3.60. The molecule has 3 aromatic rings. The van der Waals surface area contributed by atoms with E-state index < -0.39 is 11.7 Å². The second-order valence-corrected chi connectivity index (χ2v) is 9.06. The molecule has 1 unspecified atom stereocenters. The molecule has 0 saturated carbocycles. The number of nitrogens with zero attached hydrogens (tertiary/aromatic N) is 6. The third-order valence-corrected chi connectivity index (χ3v) is 6.69. The smallest absolute Gasteiger partial charge is 0.383 e. The Bertz CT molecular complexity index is 1350. The number of pyridine rings is 3. The lowest BCUT2D eigenvalue weighted by Gasteiger charge is -2.47. The molecule has 1 fully saturated rings. The van der Waals surface area contributed by atoms with Crippen LogP contribution >= 0.6 is 0 Å². The summed E-state index contributed by atoms with van der Waals surface area (Å²) in [6, 6.07) is 6.86. The molecule has 0 amide bonds. The van der Waals surface area contributed by atoms with Gasteiger partial charge in [-0.25, -0.2) is 0 Å². The standard InChI is InChI=1S/C25H27F3N6O2/c1-15-13-34(21(14-36-5)18-7-6-17(11-30-18)25(26,27)28)16(2)12-33(15)20-10-23(35)32(4)19-8-9-22(29-3)31-24(19)20/h6-11,15-16,21H,12-14H2,1-2,4-5H3/t15-,16+,21?/m0/s1. The molecule has 8 nitrogen and oxygen atoms in total. The van der Waals surface area contributed by atoms with Crippen LogP contribution in [0.4, 0.5) is 24.7 Å². The molecule has 1 aliphatic rings. The van der Waals surface area contributed by atoms with Crippen molar-refractivity contribution >= 4 is 22.5 Å². The summed E-state index contributed by atoms with van der Waals surface area (Å²) in [5.74, 6) is 0.246. The van der Waals surface area contributed by atoms with Gasteiger partial charge in [-0.05, 0) is 38.1 Å². The van der Waals surface area contributed by atoms with Crippen molar-refractivity contribution in [2.45, 2.75) is 38.1 Å². The van der Waals surface area contributed by atoms with E-state index in [1.54, 1.807) is 32.4 Å². The van der Waals surface area contributed by atoms with E-state index in [-0.39, 0.29) is 36.1 Å². The number of aromatic nitrogens is 3. The predicted molar refractivity (Wildman–Crippen MR) is 130 cm³/mol. The monoisotopic (exact) mass is 500 g/mol. The van der Waals surface area contributed by atoms with Gasteiger partial charge in [-0.1, -0.05) is 6.57 Å². The molecule has 0 spiro atoms. The highest BCUT2D eigenvalue weighted by molar-refractivity contribution is 5.89. The van der Waals surface area contributed by atoms with Crippen LogP contribution in [-0.4, -0.2) is 58.3 Å². The summed E-state index contributed by atoms with van der Waals surface area (Å²) >= 11 is 0. The second kappa shape index (κ2) is 9.87. The molecule has 0 radical (unpaired) electrons. The molecule has 1 saturated heterocycles. The van der Waals surface area contributed by atoms with E-state index >= 15 is 0 Å². The normalized spacial score (nSPS) is 19.9. The Kier molecular flexibility index (Phi) is 7.02. The van der Waals surface area contributed by atoms with Crippen molar-refractivity contribution in [2.24, 2.45) is 7.05 Å². The van der Waals surface area contributed by atoms with Gasteiger partial charge in [0.2, 0.25) is 5.52 Å². The molecule has 190 valence electrons. The van der Waals surface area contributed by atoms with Gasteiger partial charge in [0.25, 0.3) is 11.4 Å². The minimum atomic E-state index is -4.45. The molecular weight excluding hydrogens is 473 g/mol.